The monoisotopic (exact) mass is 370 g/mol. The third-order valence-corrected chi connectivity index (χ3v) is 5.45. The van der Waals surface area contributed by atoms with Crippen LogP contribution in [-0.4, -0.2) is 51.9 Å². The van der Waals surface area contributed by atoms with E-state index >= 15 is 0 Å². The number of ether oxygens (including phenoxy) is 1. The molecule has 0 radical (unpaired) electrons. The summed E-state index contributed by atoms with van der Waals surface area (Å²) in [6, 6.07) is 7.28. The lowest BCUT2D eigenvalue weighted by Crippen LogP contribution is -2.39. The van der Waals surface area contributed by atoms with Crippen LogP contribution in [-0.2, 0) is 16.1 Å². The maximum atomic E-state index is 12.8. The van der Waals surface area contributed by atoms with Gasteiger partial charge in [-0.3, -0.25) is 9.59 Å². The highest BCUT2D eigenvalue weighted by Crippen LogP contribution is 2.29. The van der Waals surface area contributed by atoms with Gasteiger partial charge in [0.2, 0.25) is 5.91 Å². The maximum absolute atomic E-state index is 12.8. The van der Waals surface area contributed by atoms with E-state index < -0.39 is 11.7 Å². The van der Waals surface area contributed by atoms with Gasteiger partial charge in [-0.25, -0.2) is 9.48 Å². The number of benzene rings is 1. The second kappa shape index (κ2) is 6.68. The van der Waals surface area contributed by atoms with E-state index in [1.807, 2.05) is 19.1 Å². The van der Waals surface area contributed by atoms with Crippen LogP contribution in [0.15, 0.2) is 29.1 Å². The van der Waals surface area contributed by atoms with Crippen molar-refractivity contribution in [2.75, 3.05) is 19.6 Å². The summed E-state index contributed by atoms with van der Waals surface area (Å²) in [6.07, 6.45) is 1.68. The van der Waals surface area contributed by atoms with Gasteiger partial charge in [0.05, 0.1) is 17.6 Å². The van der Waals surface area contributed by atoms with Gasteiger partial charge in [-0.15, -0.1) is 0 Å². The van der Waals surface area contributed by atoms with E-state index in [4.69, 9.17) is 4.74 Å². The molecule has 1 atom stereocenters. The summed E-state index contributed by atoms with van der Waals surface area (Å²) >= 11 is 0. The number of carbonyl (C=O) groups is 2. The summed E-state index contributed by atoms with van der Waals surface area (Å²) in [5, 5.41) is 8.39. The second-order valence-electron chi connectivity index (χ2n) is 7.25. The average molecular weight is 370 g/mol. The van der Waals surface area contributed by atoms with Crippen LogP contribution in [0.3, 0.4) is 0 Å². The topological polar surface area (TPSA) is 93.5 Å². The maximum Gasteiger partial charge on any atom is 0.407 e. The van der Waals surface area contributed by atoms with Crippen LogP contribution >= 0.6 is 0 Å². The van der Waals surface area contributed by atoms with E-state index in [9.17, 15) is 14.4 Å². The molecule has 1 N–H and O–H groups in total. The summed E-state index contributed by atoms with van der Waals surface area (Å²) in [7, 11) is 0. The third kappa shape index (κ3) is 3.27. The minimum atomic E-state index is -0.513. The van der Waals surface area contributed by atoms with E-state index in [2.05, 4.69) is 10.4 Å². The van der Waals surface area contributed by atoms with Crippen LogP contribution < -0.4 is 10.9 Å². The van der Waals surface area contributed by atoms with Crippen molar-refractivity contribution in [1.29, 1.82) is 0 Å². The molecule has 2 aliphatic heterocycles. The molecule has 0 bridgehead atoms. The van der Waals surface area contributed by atoms with Gasteiger partial charge in [-0.1, -0.05) is 18.2 Å². The highest BCUT2D eigenvalue weighted by molar-refractivity contribution is 5.83. The van der Waals surface area contributed by atoms with Crippen molar-refractivity contribution in [3.8, 4) is 0 Å². The first kappa shape index (κ1) is 17.5. The number of aryl methyl sites for hydroxylation is 1. The van der Waals surface area contributed by atoms with Crippen molar-refractivity contribution in [2.45, 2.75) is 38.3 Å². The van der Waals surface area contributed by atoms with Crippen molar-refractivity contribution in [3.63, 3.8) is 0 Å². The molecule has 0 unspecified atom stereocenters. The molecule has 27 heavy (non-hydrogen) atoms. The number of carbonyl (C=O) groups excluding carboxylic acids is 2. The van der Waals surface area contributed by atoms with Crippen LogP contribution in [0.4, 0.5) is 4.79 Å². The normalized spacial score (nSPS) is 22.6. The van der Waals surface area contributed by atoms with Gasteiger partial charge in [-0.2, -0.15) is 5.10 Å². The van der Waals surface area contributed by atoms with Crippen molar-refractivity contribution in [1.82, 2.24) is 20.0 Å². The Morgan fingerprint density at radius 3 is 2.74 bits per heavy atom. The molecule has 0 aliphatic carbocycles. The summed E-state index contributed by atoms with van der Waals surface area (Å²) in [4.78, 5) is 38.6. The number of hydrogen-bond donors (Lipinski definition) is 1. The molecule has 2 fully saturated rings. The average Bonchev–Trinajstić information content (AvgIpc) is 2.89. The Balaban J connectivity index is 1.51. The Kier molecular flexibility index (Phi) is 4.33. The smallest absolute Gasteiger partial charge is 0.407 e. The molecule has 142 valence electrons. The molecule has 2 saturated heterocycles. The van der Waals surface area contributed by atoms with Gasteiger partial charge >= 0.3 is 6.09 Å². The fourth-order valence-electron chi connectivity index (χ4n) is 3.94. The first-order valence-electron chi connectivity index (χ1n) is 9.19. The van der Waals surface area contributed by atoms with Crippen molar-refractivity contribution in [3.05, 3.63) is 40.3 Å². The number of rotatable bonds is 2. The quantitative estimate of drug-likeness (QED) is 0.857. The summed E-state index contributed by atoms with van der Waals surface area (Å²) in [5.74, 6) is -0.145. The fourth-order valence-corrected chi connectivity index (χ4v) is 3.94. The van der Waals surface area contributed by atoms with Crippen molar-refractivity contribution >= 4 is 22.8 Å². The van der Waals surface area contributed by atoms with Gasteiger partial charge in [-0.05, 0) is 25.8 Å². The summed E-state index contributed by atoms with van der Waals surface area (Å²) in [6.45, 7) is 3.31. The van der Waals surface area contributed by atoms with Crippen LogP contribution in [0.5, 0.6) is 0 Å². The molecule has 2 amide bonds. The summed E-state index contributed by atoms with van der Waals surface area (Å²) < 4.78 is 6.69. The molecular formula is C19H22N4O4. The number of alkyl carbamates (subject to hydrolysis) is 1. The van der Waals surface area contributed by atoms with Crippen molar-refractivity contribution < 1.29 is 14.3 Å². The molecule has 0 saturated carbocycles. The Morgan fingerprint density at radius 1 is 1.22 bits per heavy atom. The zero-order valence-corrected chi connectivity index (χ0v) is 15.2. The minimum absolute atomic E-state index is 0.0878. The second-order valence-corrected chi connectivity index (χ2v) is 7.25. The lowest BCUT2D eigenvalue weighted by atomic mass is 9.95. The van der Waals surface area contributed by atoms with Crippen molar-refractivity contribution in [2.24, 2.45) is 0 Å². The molecule has 3 heterocycles. The molecular weight excluding hydrogens is 348 g/mol. The van der Waals surface area contributed by atoms with Crippen LogP contribution in [0, 0.1) is 6.92 Å². The number of amides is 2. The van der Waals surface area contributed by atoms with Gasteiger partial charge in [0, 0.05) is 24.9 Å². The molecule has 2 aliphatic rings. The lowest BCUT2D eigenvalue weighted by Gasteiger charge is -2.25. The molecule has 8 heteroatoms. The van der Waals surface area contributed by atoms with E-state index in [1.165, 1.54) is 4.68 Å². The SMILES string of the molecule is Cc1nn(CC(=O)N2CCC[C@]3(CC2)CNC(=O)O3)c(=O)c2ccccc12. The highest BCUT2D eigenvalue weighted by Gasteiger charge is 2.41. The number of aromatic nitrogens is 2. The standard InChI is InChI=1S/C19H22N4O4/c1-13-14-5-2-3-6-15(14)17(25)23(21-13)11-16(24)22-9-4-7-19(8-10-22)12-20-18(26)27-19/h2-3,5-6H,4,7-12H2,1H3,(H,20,26)/t19-/m0/s1. The largest absolute Gasteiger partial charge is 0.441 e. The first-order chi connectivity index (χ1) is 13.0. The molecule has 1 aromatic carbocycles. The van der Waals surface area contributed by atoms with E-state index in [0.717, 1.165) is 23.9 Å². The van der Waals surface area contributed by atoms with Crippen LogP contribution in [0.2, 0.25) is 0 Å². The van der Waals surface area contributed by atoms with Gasteiger partial charge in [0.15, 0.2) is 0 Å². The first-order valence-corrected chi connectivity index (χ1v) is 9.19. The predicted octanol–water partition coefficient (Wildman–Crippen LogP) is 1.20. The van der Waals surface area contributed by atoms with E-state index in [-0.39, 0.29) is 18.0 Å². The molecule has 4 rings (SSSR count). The molecule has 1 aromatic heterocycles. The lowest BCUT2D eigenvalue weighted by molar-refractivity contribution is -0.132. The molecule has 1 spiro atoms. The minimum Gasteiger partial charge on any atom is -0.441 e. The van der Waals surface area contributed by atoms with E-state index in [0.29, 0.717) is 31.4 Å². The van der Waals surface area contributed by atoms with E-state index in [1.54, 1.807) is 17.0 Å². The third-order valence-electron chi connectivity index (χ3n) is 5.45. The highest BCUT2D eigenvalue weighted by atomic mass is 16.6. The van der Waals surface area contributed by atoms with Crippen LogP contribution in [0.1, 0.15) is 25.0 Å². The Labute approximate surface area is 156 Å². The summed E-state index contributed by atoms with van der Waals surface area (Å²) in [5.41, 5.74) is -0.0534. The van der Waals surface area contributed by atoms with Gasteiger partial charge in [0.1, 0.15) is 12.1 Å². The molecule has 2 aromatic rings. The number of likely N-dealkylation sites (tertiary alicyclic amines) is 1. The molecule has 8 nitrogen and oxygen atoms in total. The fraction of sp³-hybridized carbons (Fsp3) is 0.474. The Bertz CT molecular complexity index is 970. The van der Waals surface area contributed by atoms with Gasteiger partial charge < -0.3 is 15.0 Å². The van der Waals surface area contributed by atoms with Gasteiger partial charge in [0.25, 0.3) is 5.56 Å². The Morgan fingerprint density at radius 2 is 2.00 bits per heavy atom. The number of nitrogens with zero attached hydrogens (tertiary/aromatic N) is 3. The number of fused-ring (bicyclic) bond motifs is 1. The zero-order chi connectivity index (χ0) is 19.0. The zero-order valence-electron chi connectivity index (χ0n) is 15.2. The predicted molar refractivity (Wildman–Crippen MR) is 98.4 cm³/mol. The van der Waals surface area contributed by atoms with Crippen LogP contribution in [0.25, 0.3) is 10.8 Å². The number of hydrogen-bond acceptors (Lipinski definition) is 5. The Hall–Kier alpha value is -2.90. The number of nitrogens with one attached hydrogen (secondary N) is 1.